The topological polar surface area (TPSA) is 75.0 Å². The molecule has 0 unspecified atom stereocenters. The van der Waals surface area contributed by atoms with E-state index in [1.807, 2.05) is 0 Å². The molecule has 1 heterocycles. The first-order valence-electron chi connectivity index (χ1n) is 9.13. The van der Waals surface area contributed by atoms with Gasteiger partial charge in [-0.3, -0.25) is 9.59 Å². The van der Waals surface area contributed by atoms with Gasteiger partial charge in [0.05, 0.1) is 17.9 Å². The number of halogens is 3. The number of rotatable bonds is 4. The summed E-state index contributed by atoms with van der Waals surface area (Å²) in [7, 11) is 1.32. The third-order valence-corrected chi connectivity index (χ3v) is 4.18. The lowest BCUT2D eigenvalue weighted by atomic mass is 9.97. The lowest BCUT2D eigenvalue weighted by Gasteiger charge is -2.17. The van der Waals surface area contributed by atoms with Crippen LogP contribution < -0.4 is 19.6 Å². The van der Waals surface area contributed by atoms with E-state index in [0.717, 1.165) is 6.07 Å². The summed E-state index contributed by atoms with van der Waals surface area (Å²) in [4.78, 5) is 24.9. The Bertz CT molecular complexity index is 1190. The lowest BCUT2D eigenvalue weighted by molar-refractivity contribution is -0.154. The van der Waals surface area contributed by atoms with Gasteiger partial charge >= 0.3 is 12.1 Å². The van der Waals surface area contributed by atoms with Crippen LogP contribution in [0, 0.1) is 5.41 Å². The molecule has 0 spiro atoms. The molecule has 0 atom stereocenters. The van der Waals surface area contributed by atoms with E-state index in [-0.39, 0.29) is 22.6 Å². The first-order chi connectivity index (χ1) is 14.4. The van der Waals surface area contributed by atoms with E-state index in [9.17, 15) is 22.8 Å². The summed E-state index contributed by atoms with van der Waals surface area (Å²) in [5, 5.41) is -0.173. The predicted octanol–water partition coefficient (Wildman–Crippen LogP) is 5.56. The molecular formula is C22H19F3O6. The number of fused-ring (bicyclic) bond motifs is 1. The van der Waals surface area contributed by atoms with Crippen LogP contribution >= 0.6 is 0 Å². The summed E-state index contributed by atoms with van der Waals surface area (Å²) in [5.41, 5.74) is -2.27. The quantitative estimate of drug-likeness (QED) is 0.394. The Morgan fingerprint density at radius 2 is 1.65 bits per heavy atom. The molecule has 0 aliphatic heterocycles. The van der Waals surface area contributed by atoms with Crippen LogP contribution in [-0.2, 0) is 11.0 Å². The molecule has 0 fully saturated rings. The van der Waals surface area contributed by atoms with Crippen molar-refractivity contribution < 1.29 is 36.6 Å². The van der Waals surface area contributed by atoms with Crippen LogP contribution in [-0.4, -0.2) is 13.1 Å². The Labute approximate surface area is 175 Å². The number of carbonyl (C=O) groups excluding carboxylic acids is 1. The third-order valence-electron chi connectivity index (χ3n) is 4.18. The van der Waals surface area contributed by atoms with Gasteiger partial charge in [-0.1, -0.05) is 12.1 Å². The number of hydrogen-bond acceptors (Lipinski definition) is 6. The summed E-state index contributed by atoms with van der Waals surface area (Å²) < 4.78 is 61.6. The van der Waals surface area contributed by atoms with Gasteiger partial charge in [0.25, 0.3) is 5.76 Å². The molecule has 0 aliphatic rings. The molecule has 6 nitrogen and oxygen atoms in total. The molecule has 0 saturated carbocycles. The zero-order valence-electron chi connectivity index (χ0n) is 17.1. The van der Waals surface area contributed by atoms with Crippen molar-refractivity contribution in [1.82, 2.24) is 0 Å². The van der Waals surface area contributed by atoms with E-state index in [1.54, 1.807) is 26.8 Å². The predicted molar refractivity (Wildman–Crippen MR) is 106 cm³/mol. The second kappa shape index (κ2) is 7.98. The molecule has 0 N–H and O–H groups in total. The van der Waals surface area contributed by atoms with Gasteiger partial charge in [-0.15, -0.1) is 0 Å². The maximum Gasteiger partial charge on any atom is 0.453 e. The molecule has 0 saturated heterocycles. The molecule has 3 aromatic rings. The third kappa shape index (κ3) is 4.65. The van der Waals surface area contributed by atoms with E-state index in [1.165, 1.54) is 37.4 Å². The van der Waals surface area contributed by atoms with Crippen molar-refractivity contribution in [2.24, 2.45) is 5.41 Å². The Balaban J connectivity index is 2.15. The average Bonchev–Trinajstić information content (AvgIpc) is 2.68. The molecule has 0 bridgehead atoms. The number of para-hydroxylation sites is 2. The Hall–Kier alpha value is -3.49. The number of benzene rings is 2. The van der Waals surface area contributed by atoms with Crippen LogP contribution in [0.3, 0.4) is 0 Å². The molecule has 0 radical (unpaired) electrons. The summed E-state index contributed by atoms with van der Waals surface area (Å²) >= 11 is 0. The van der Waals surface area contributed by atoms with Crippen molar-refractivity contribution in [3.8, 4) is 23.0 Å². The van der Waals surface area contributed by atoms with Crippen LogP contribution in [0.1, 0.15) is 26.5 Å². The van der Waals surface area contributed by atoms with Gasteiger partial charge < -0.3 is 18.6 Å². The highest BCUT2D eigenvalue weighted by molar-refractivity contribution is 5.82. The Morgan fingerprint density at radius 3 is 2.23 bits per heavy atom. The SMILES string of the molecule is COc1ccccc1Oc1c(C(F)(F)F)oc2cc(OC(=O)C(C)(C)C)ccc2c1=O. The van der Waals surface area contributed by atoms with Crippen molar-refractivity contribution >= 4 is 16.9 Å². The second-order valence-corrected chi connectivity index (χ2v) is 7.64. The highest BCUT2D eigenvalue weighted by Crippen LogP contribution is 2.40. The van der Waals surface area contributed by atoms with Gasteiger partial charge in [-0.05, 0) is 45.0 Å². The Morgan fingerprint density at radius 1 is 1.00 bits per heavy atom. The lowest BCUT2D eigenvalue weighted by Crippen LogP contribution is -2.25. The van der Waals surface area contributed by atoms with Gasteiger partial charge in [0.1, 0.15) is 11.3 Å². The van der Waals surface area contributed by atoms with Crippen LogP contribution in [0.25, 0.3) is 11.0 Å². The van der Waals surface area contributed by atoms with Crippen LogP contribution in [0.15, 0.2) is 51.7 Å². The maximum absolute atomic E-state index is 13.7. The molecule has 9 heteroatoms. The number of hydrogen-bond donors (Lipinski definition) is 0. The fourth-order valence-electron chi connectivity index (χ4n) is 2.57. The summed E-state index contributed by atoms with van der Waals surface area (Å²) in [6, 6.07) is 9.51. The molecule has 0 amide bonds. The number of ether oxygens (including phenoxy) is 3. The number of alkyl halides is 3. The number of carbonyl (C=O) groups is 1. The number of esters is 1. The number of methoxy groups -OCH3 is 1. The minimum Gasteiger partial charge on any atom is -0.493 e. The van der Waals surface area contributed by atoms with Crippen molar-refractivity contribution in [1.29, 1.82) is 0 Å². The molecule has 1 aromatic heterocycles. The van der Waals surface area contributed by atoms with Crippen LogP contribution in [0.5, 0.6) is 23.0 Å². The standard InChI is InChI=1S/C22H19F3O6/c1-21(2,3)20(27)29-12-9-10-13-16(11-12)31-19(22(23,24)25)18(17(13)26)30-15-8-6-5-7-14(15)28-4/h5-11H,1-4H3. The van der Waals surface area contributed by atoms with Gasteiger partial charge in [-0.25, -0.2) is 0 Å². The molecule has 31 heavy (non-hydrogen) atoms. The van der Waals surface area contributed by atoms with Gasteiger partial charge in [0.15, 0.2) is 11.5 Å². The Kier molecular flexibility index (Phi) is 5.71. The van der Waals surface area contributed by atoms with Crippen molar-refractivity contribution in [2.75, 3.05) is 7.11 Å². The normalized spacial score (nSPS) is 12.0. The highest BCUT2D eigenvalue weighted by atomic mass is 19.4. The second-order valence-electron chi connectivity index (χ2n) is 7.64. The minimum absolute atomic E-state index is 0.0536. The zero-order valence-corrected chi connectivity index (χ0v) is 17.1. The first-order valence-corrected chi connectivity index (χ1v) is 9.13. The van der Waals surface area contributed by atoms with Gasteiger partial charge in [0.2, 0.25) is 11.2 Å². The van der Waals surface area contributed by atoms with E-state index >= 15 is 0 Å². The fraction of sp³-hybridized carbons (Fsp3) is 0.273. The van der Waals surface area contributed by atoms with Crippen molar-refractivity contribution in [3.63, 3.8) is 0 Å². The maximum atomic E-state index is 13.7. The summed E-state index contributed by atoms with van der Waals surface area (Å²) in [6.07, 6.45) is -5.03. The molecular weight excluding hydrogens is 417 g/mol. The van der Waals surface area contributed by atoms with E-state index in [2.05, 4.69) is 0 Å². The van der Waals surface area contributed by atoms with E-state index in [0.29, 0.717) is 0 Å². The summed E-state index contributed by atoms with van der Waals surface area (Å²) in [5.74, 6) is -3.24. The van der Waals surface area contributed by atoms with Gasteiger partial charge in [0, 0.05) is 6.07 Å². The smallest absolute Gasteiger partial charge is 0.453 e. The van der Waals surface area contributed by atoms with Crippen molar-refractivity contribution in [2.45, 2.75) is 26.9 Å². The van der Waals surface area contributed by atoms with E-state index in [4.69, 9.17) is 18.6 Å². The largest absolute Gasteiger partial charge is 0.493 e. The molecule has 3 rings (SSSR count). The van der Waals surface area contributed by atoms with Gasteiger partial charge in [-0.2, -0.15) is 13.2 Å². The fourth-order valence-corrected chi connectivity index (χ4v) is 2.57. The molecule has 2 aromatic carbocycles. The summed E-state index contributed by atoms with van der Waals surface area (Å²) in [6.45, 7) is 4.87. The van der Waals surface area contributed by atoms with Crippen LogP contribution in [0.4, 0.5) is 13.2 Å². The molecule has 164 valence electrons. The average molecular weight is 436 g/mol. The zero-order chi connectivity index (χ0) is 23.0. The first kappa shape index (κ1) is 22.2. The van der Waals surface area contributed by atoms with Crippen molar-refractivity contribution in [3.05, 3.63) is 58.4 Å². The van der Waals surface area contributed by atoms with Crippen LogP contribution in [0.2, 0.25) is 0 Å². The van der Waals surface area contributed by atoms with E-state index < -0.39 is 40.1 Å². The minimum atomic E-state index is -5.03. The monoisotopic (exact) mass is 436 g/mol. The highest BCUT2D eigenvalue weighted by Gasteiger charge is 2.41. The molecule has 0 aliphatic carbocycles.